The number of guanidine groups is 1. The summed E-state index contributed by atoms with van der Waals surface area (Å²) < 4.78 is 27.3. The number of halogens is 1. The van der Waals surface area contributed by atoms with Crippen LogP contribution >= 0.6 is 24.0 Å². The van der Waals surface area contributed by atoms with Gasteiger partial charge < -0.3 is 15.4 Å². The third-order valence-corrected chi connectivity index (χ3v) is 4.67. The summed E-state index contributed by atoms with van der Waals surface area (Å²) in [7, 11) is -2.94. The van der Waals surface area contributed by atoms with Crippen LogP contribution in [0.4, 0.5) is 0 Å². The first-order valence-corrected chi connectivity index (χ1v) is 11.8. The molecule has 158 valence electrons. The number of sulfone groups is 1. The number of unbranched alkanes of at least 4 members (excludes halogenated alkanes) is 7. The standard InChI is InChI=1S/C18H39N3O3S.HI/c1-4-6-7-8-9-10-11-12-13-20-18(19-5-2)21-14-15-24-16-17-25(3,22)23;/h4-17H2,1-3H3,(H2,19,20,21);1H. The van der Waals surface area contributed by atoms with E-state index >= 15 is 0 Å². The molecule has 0 aliphatic rings. The maximum atomic E-state index is 11.0. The third kappa shape index (κ3) is 22.0. The number of aliphatic imine (C=N–C) groups is 1. The van der Waals surface area contributed by atoms with Gasteiger partial charge in [-0.25, -0.2) is 8.42 Å². The molecule has 0 aliphatic heterocycles. The Balaban J connectivity index is 0. The van der Waals surface area contributed by atoms with Crippen LogP contribution < -0.4 is 10.6 Å². The predicted octanol–water partition coefficient (Wildman–Crippen LogP) is 3.36. The fraction of sp³-hybridized carbons (Fsp3) is 0.944. The molecule has 0 spiro atoms. The zero-order valence-corrected chi connectivity index (χ0v) is 20.0. The van der Waals surface area contributed by atoms with Crippen molar-refractivity contribution in [3.63, 3.8) is 0 Å². The van der Waals surface area contributed by atoms with Gasteiger partial charge in [-0.3, -0.25) is 4.99 Å². The lowest BCUT2D eigenvalue weighted by Gasteiger charge is -2.11. The van der Waals surface area contributed by atoms with E-state index in [2.05, 4.69) is 22.5 Å². The Bertz CT molecular complexity index is 431. The van der Waals surface area contributed by atoms with E-state index < -0.39 is 9.84 Å². The molecule has 8 heteroatoms. The van der Waals surface area contributed by atoms with Gasteiger partial charge in [0.25, 0.3) is 0 Å². The first-order chi connectivity index (χ1) is 12.0. The van der Waals surface area contributed by atoms with Crippen LogP contribution in [-0.2, 0) is 14.6 Å². The monoisotopic (exact) mass is 505 g/mol. The van der Waals surface area contributed by atoms with E-state index in [4.69, 9.17) is 4.74 Å². The quantitative estimate of drug-likeness (QED) is 0.146. The fourth-order valence-corrected chi connectivity index (χ4v) is 2.75. The van der Waals surface area contributed by atoms with Crippen LogP contribution in [0.15, 0.2) is 4.99 Å². The summed E-state index contributed by atoms with van der Waals surface area (Å²) in [5.41, 5.74) is 0. The van der Waals surface area contributed by atoms with Gasteiger partial charge in [-0.1, -0.05) is 51.9 Å². The molecule has 0 aromatic carbocycles. The molecule has 0 aromatic heterocycles. The molecule has 0 amide bonds. The van der Waals surface area contributed by atoms with E-state index in [9.17, 15) is 8.42 Å². The average molecular weight is 506 g/mol. The zero-order valence-electron chi connectivity index (χ0n) is 16.9. The predicted molar refractivity (Wildman–Crippen MR) is 123 cm³/mol. The lowest BCUT2D eigenvalue weighted by Crippen LogP contribution is -2.39. The van der Waals surface area contributed by atoms with Crippen LogP contribution in [0.25, 0.3) is 0 Å². The van der Waals surface area contributed by atoms with Crippen LogP contribution in [-0.4, -0.2) is 59.2 Å². The molecule has 0 aromatic rings. The van der Waals surface area contributed by atoms with Crippen LogP contribution in [0.1, 0.15) is 65.2 Å². The summed E-state index contributed by atoms with van der Waals surface area (Å²) in [6, 6.07) is 0. The normalized spacial score (nSPS) is 11.9. The molecule has 0 radical (unpaired) electrons. The number of rotatable bonds is 16. The average Bonchev–Trinajstić information content (AvgIpc) is 2.55. The molecule has 2 N–H and O–H groups in total. The van der Waals surface area contributed by atoms with Gasteiger partial charge in [-0.2, -0.15) is 0 Å². The summed E-state index contributed by atoms with van der Waals surface area (Å²) in [6.07, 6.45) is 11.6. The van der Waals surface area contributed by atoms with Crippen molar-refractivity contribution in [1.29, 1.82) is 0 Å². The molecule has 6 nitrogen and oxygen atoms in total. The van der Waals surface area contributed by atoms with Crippen molar-refractivity contribution in [2.24, 2.45) is 4.99 Å². The van der Waals surface area contributed by atoms with Gasteiger partial charge >= 0.3 is 0 Å². The van der Waals surface area contributed by atoms with E-state index in [0.717, 1.165) is 25.5 Å². The lowest BCUT2D eigenvalue weighted by atomic mass is 10.1. The number of ether oxygens (including phenoxy) is 1. The number of nitrogens with one attached hydrogen (secondary N) is 2. The Morgan fingerprint density at radius 1 is 0.923 bits per heavy atom. The topological polar surface area (TPSA) is 79.8 Å². The minimum Gasteiger partial charge on any atom is -0.379 e. The van der Waals surface area contributed by atoms with Gasteiger partial charge in [0.2, 0.25) is 0 Å². The highest BCUT2D eigenvalue weighted by atomic mass is 127. The highest BCUT2D eigenvalue weighted by Crippen LogP contribution is 2.08. The molecule has 0 unspecified atom stereocenters. The van der Waals surface area contributed by atoms with Crippen molar-refractivity contribution in [2.75, 3.05) is 44.9 Å². The van der Waals surface area contributed by atoms with E-state index in [1.54, 1.807) is 0 Å². The van der Waals surface area contributed by atoms with Crippen molar-refractivity contribution in [1.82, 2.24) is 10.6 Å². The summed E-state index contributed by atoms with van der Waals surface area (Å²) in [5, 5.41) is 6.42. The van der Waals surface area contributed by atoms with Crippen LogP contribution in [0, 0.1) is 0 Å². The Kier molecular flexibility index (Phi) is 21.3. The zero-order chi connectivity index (χ0) is 18.8. The van der Waals surface area contributed by atoms with Gasteiger partial charge in [-0.05, 0) is 13.3 Å². The van der Waals surface area contributed by atoms with Gasteiger partial charge in [0.1, 0.15) is 9.84 Å². The molecule has 0 fully saturated rings. The molecule has 0 aliphatic carbocycles. The molecular weight excluding hydrogens is 465 g/mol. The Labute approximate surface area is 178 Å². The number of hydrogen-bond acceptors (Lipinski definition) is 4. The molecule has 0 atom stereocenters. The molecule has 0 rings (SSSR count). The highest BCUT2D eigenvalue weighted by Gasteiger charge is 2.01. The van der Waals surface area contributed by atoms with E-state index in [1.807, 2.05) is 6.92 Å². The molecule has 26 heavy (non-hydrogen) atoms. The molecule has 0 bridgehead atoms. The van der Waals surface area contributed by atoms with Crippen molar-refractivity contribution in [2.45, 2.75) is 65.2 Å². The summed E-state index contributed by atoms with van der Waals surface area (Å²) in [4.78, 5) is 4.56. The number of nitrogens with zero attached hydrogens (tertiary/aromatic N) is 1. The van der Waals surface area contributed by atoms with Gasteiger partial charge in [0, 0.05) is 25.9 Å². The minimum atomic E-state index is -2.94. The van der Waals surface area contributed by atoms with E-state index in [1.165, 1.54) is 51.2 Å². The smallest absolute Gasteiger partial charge is 0.191 e. The van der Waals surface area contributed by atoms with Crippen molar-refractivity contribution in [3.05, 3.63) is 0 Å². The molecule has 0 saturated carbocycles. The molecule has 0 saturated heterocycles. The lowest BCUT2D eigenvalue weighted by molar-refractivity contribution is 0.154. The van der Waals surface area contributed by atoms with Crippen LogP contribution in [0.3, 0.4) is 0 Å². The second-order valence-electron chi connectivity index (χ2n) is 6.40. The van der Waals surface area contributed by atoms with E-state index in [0.29, 0.717) is 13.2 Å². The van der Waals surface area contributed by atoms with Crippen LogP contribution in [0.5, 0.6) is 0 Å². The summed E-state index contributed by atoms with van der Waals surface area (Å²) in [6.45, 7) is 7.26. The molecular formula is C18H40IN3O3S. The molecule has 0 heterocycles. The van der Waals surface area contributed by atoms with E-state index in [-0.39, 0.29) is 36.3 Å². The first-order valence-electron chi connectivity index (χ1n) is 9.77. The van der Waals surface area contributed by atoms with Crippen molar-refractivity contribution >= 4 is 39.8 Å². The fourth-order valence-electron chi connectivity index (χ4n) is 2.33. The summed E-state index contributed by atoms with van der Waals surface area (Å²) >= 11 is 0. The third-order valence-electron chi connectivity index (χ3n) is 3.76. The maximum absolute atomic E-state index is 11.0. The second kappa shape index (κ2) is 19.7. The summed E-state index contributed by atoms with van der Waals surface area (Å²) in [5.74, 6) is 0.872. The van der Waals surface area contributed by atoms with Crippen molar-refractivity contribution < 1.29 is 13.2 Å². The number of hydrogen-bond donors (Lipinski definition) is 2. The Hall–Kier alpha value is -0.0900. The van der Waals surface area contributed by atoms with Gasteiger partial charge in [0.15, 0.2) is 5.96 Å². The largest absolute Gasteiger partial charge is 0.379 e. The van der Waals surface area contributed by atoms with Crippen molar-refractivity contribution in [3.8, 4) is 0 Å². The van der Waals surface area contributed by atoms with Crippen LogP contribution in [0.2, 0.25) is 0 Å². The Morgan fingerprint density at radius 2 is 1.54 bits per heavy atom. The maximum Gasteiger partial charge on any atom is 0.191 e. The highest BCUT2D eigenvalue weighted by molar-refractivity contribution is 14.0. The Morgan fingerprint density at radius 3 is 2.12 bits per heavy atom. The van der Waals surface area contributed by atoms with Gasteiger partial charge in [0.05, 0.1) is 19.0 Å². The minimum absolute atomic E-state index is 0. The second-order valence-corrected chi connectivity index (χ2v) is 8.66. The first kappa shape index (κ1) is 28.1. The SMILES string of the molecule is CCCCCCCCCCN=C(NCC)NCCOCCS(C)(=O)=O.I. The van der Waals surface area contributed by atoms with Gasteiger partial charge in [-0.15, -0.1) is 24.0 Å².